The maximum Gasteiger partial charge on any atom is 0.211 e. The summed E-state index contributed by atoms with van der Waals surface area (Å²) >= 11 is 0. The van der Waals surface area contributed by atoms with Gasteiger partial charge < -0.3 is 9.80 Å². The van der Waals surface area contributed by atoms with Crippen molar-refractivity contribution in [1.29, 1.82) is 5.41 Å². The number of benzene rings is 3. The minimum absolute atomic E-state index is 0.476. The highest BCUT2D eigenvalue weighted by Crippen LogP contribution is 2.51. The fraction of sp³-hybridized carbons (Fsp3) is 0.310. The number of carbonyl (C=O) groups is 1. The lowest BCUT2D eigenvalue weighted by atomic mass is 9.68. The standard InChI is InChI=1S/C29H25F4N3OSi/c1-38(2)19-13-15(35-9-3-10-35)5-7-17(19)29(18-8-6-16(14-20(18)38)36-11-4-12-36)22-21(27(37)28(29)34)23(30)25(32)26(33)24(22)31/h5-8,13-14,34H,3-4,9-12H2,1-2H3. The lowest BCUT2D eigenvalue weighted by Gasteiger charge is -2.46. The normalized spacial score (nSPS) is 20.2. The average molecular weight is 536 g/mol. The first-order chi connectivity index (χ1) is 18.1. The summed E-state index contributed by atoms with van der Waals surface area (Å²) in [6.07, 6.45) is 2.15. The monoisotopic (exact) mass is 535 g/mol. The predicted molar refractivity (Wildman–Crippen MR) is 142 cm³/mol. The van der Waals surface area contributed by atoms with Crippen LogP contribution in [-0.4, -0.2) is 45.7 Å². The van der Waals surface area contributed by atoms with Crippen molar-refractivity contribution in [2.45, 2.75) is 31.4 Å². The molecule has 1 N–H and O–H groups in total. The average Bonchev–Trinajstić information content (AvgIpc) is 3.06. The van der Waals surface area contributed by atoms with Crippen LogP contribution in [0.3, 0.4) is 0 Å². The van der Waals surface area contributed by atoms with Gasteiger partial charge in [0.25, 0.3) is 0 Å². The smallest absolute Gasteiger partial charge is 0.211 e. The van der Waals surface area contributed by atoms with Gasteiger partial charge in [-0.1, -0.05) is 25.2 Å². The van der Waals surface area contributed by atoms with Gasteiger partial charge in [-0.05, 0) is 58.6 Å². The number of anilines is 2. The van der Waals surface area contributed by atoms with E-state index in [2.05, 4.69) is 22.9 Å². The molecule has 2 saturated heterocycles. The van der Waals surface area contributed by atoms with Gasteiger partial charge >= 0.3 is 0 Å². The number of halogens is 4. The lowest BCUT2D eigenvalue weighted by molar-refractivity contribution is 0.106. The van der Waals surface area contributed by atoms with Gasteiger partial charge in [0.15, 0.2) is 23.3 Å². The summed E-state index contributed by atoms with van der Waals surface area (Å²) in [5.41, 5.74) is -1.02. The Hall–Kier alpha value is -3.46. The largest absolute Gasteiger partial charge is 0.371 e. The topological polar surface area (TPSA) is 47.4 Å². The van der Waals surface area contributed by atoms with Gasteiger partial charge in [-0.2, -0.15) is 0 Å². The maximum absolute atomic E-state index is 15.8. The Bertz CT molecular complexity index is 1540. The molecule has 3 aromatic carbocycles. The molecule has 0 amide bonds. The lowest BCUT2D eigenvalue weighted by Crippen LogP contribution is -2.64. The molecule has 0 radical (unpaired) electrons. The van der Waals surface area contributed by atoms with Gasteiger partial charge in [0.05, 0.1) is 16.7 Å². The fourth-order valence-corrected chi connectivity index (χ4v) is 9.94. The Kier molecular flexibility index (Phi) is 4.70. The molecule has 38 heavy (non-hydrogen) atoms. The van der Waals surface area contributed by atoms with E-state index in [1.54, 1.807) is 12.1 Å². The zero-order valence-corrected chi connectivity index (χ0v) is 22.0. The van der Waals surface area contributed by atoms with E-state index >= 15 is 8.78 Å². The molecule has 1 aliphatic carbocycles. The van der Waals surface area contributed by atoms with Crippen molar-refractivity contribution in [3.8, 4) is 0 Å². The number of nitrogens with zero attached hydrogens (tertiary/aromatic N) is 2. The highest BCUT2D eigenvalue weighted by molar-refractivity contribution is 7.01. The third-order valence-electron chi connectivity index (χ3n) is 9.07. The molecule has 3 aromatic rings. The summed E-state index contributed by atoms with van der Waals surface area (Å²) in [5.74, 6) is -8.49. The van der Waals surface area contributed by atoms with E-state index in [1.165, 1.54) is 0 Å². The third-order valence-corrected chi connectivity index (χ3v) is 12.6. The first-order valence-electron chi connectivity index (χ1n) is 12.9. The molecule has 2 fully saturated rings. The molecule has 0 unspecified atom stereocenters. The van der Waals surface area contributed by atoms with Crippen LogP contribution in [0.1, 0.15) is 39.9 Å². The van der Waals surface area contributed by atoms with Crippen LogP contribution in [0, 0.1) is 28.7 Å². The van der Waals surface area contributed by atoms with E-state index in [-0.39, 0.29) is 0 Å². The Morgan fingerprint density at radius 3 is 1.68 bits per heavy atom. The van der Waals surface area contributed by atoms with Gasteiger partial charge in [0.1, 0.15) is 8.07 Å². The van der Waals surface area contributed by atoms with Crippen LogP contribution < -0.4 is 20.2 Å². The van der Waals surface area contributed by atoms with Crippen LogP contribution in [0.15, 0.2) is 36.4 Å². The molecule has 3 heterocycles. The molecule has 4 aliphatic rings. The van der Waals surface area contributed by atoms with Crippen LogP contribution in [0.2, 0.25) is 13.1 Å². The number of ketones is 1. The minimum Gasteiger partial charge on any atom is -0.371 e. The van der Waals surface area contributed by atoms with Crippen LogP contribution >= 0.6 is 0 Å². The Morgan fingerprint density at radius 2 is 1.24 bits per heavy atom. The van der Waals surface area contributed by atoms with Gasteiger partial charge in [0, 0.05) is 43.1 Å². The minimum atomic E-state index is -2.53. The highest BCUT2D eigenvalue weighted by atomic mass is 28.3. The Morgan fingerprint density at radius 1 is 0.763 bits per heavy atom. The molecule has 3 aliphatic heterocycles. The molecular formula is C29H25F4N3OSi. The fourth-order valence-electron chi connectivity index (χ4n) is 6.74. The van der Waals surface area contributed by atoms with Gasteiger partial charge in [-0.15, -0.1) is 0 Å². The van der Waals surface area contributed by atoms with Crippen molar-refractivity contribution in [2.24, 2.45) is 0 Å². The highest BCUT2D eigenvalue weighted by Gasteiger charge is 2.60. The summed E-state index contributed by atoms with van der Waals surface area (Å²) in [6.45, 7) is 7.96. The van der Waals surface area contributed by atoms with Crippen molar-refractivity contribution >= 4 is 41.3 Å². The Balaban J connectivity index is 1.62. The zero-order valence-electron chi connectivity index (χ0n) is 21.0. The molecule has 0 aromatic heterocycles. The molecule has 0 bridgehead atoms. The zero-order chi connectivity index (χ0) is 26.7. The first-order valence-corrected chi connectivity index (χ1v) is 15.9. The summed E-state index contributed by atoms with van der Waals surface area (Å²) in [6, 6.07) is 11.4. The van der Waals surface area contributed by atoms with E-state index in [4.69, 9.17) is 5.41 Å². The molecular weight excluding hydrogens is 510 g/mol. The number of hydrogen-bond acceptors (Lipinski definition) is 4. The maximum atomic E-state index is 15.8. The predicted octanol–water partition coefficient (Wildman–Crippen LogP) is 4.35. The molecule has 1 spiro atoms. The second kappa shape index (κ2) is 7.56. The van der Waals surface area contributed by atoms with Gasteiger partial charge in [0.2, 0.25) is 5.78 Å². The van der Waals surface area contributed by atoms with Crippen LogP contribution in [0.25, 0.3) is 0 Å². The summed E-state index contributed by atoms with van der Waals surface area (Å²) < 4.78 is 60.1. The van der Waals surface area contributed by atoms with Crippen LogP contribution in [0.4, 0.5) is 28.9 Å². The molecule has 7 rings (SSSR count). The van der Waals surface area contributed by atoms with Gasteiger partial charge in [-0.25, -0.2) is 17.6 Å². The summed E-state index contributed by atoms with van der Waals surface area (Å²) in [4.78, 5) is 17.9. The van der Waals surface area contributed by atoms with Crippen molar-refractivity contribution in [3.63, 3.8) is 0 Å². The number of Topliss-reactive ketones (excluding diaryl/α,β-unsaturated/α-hetero) is 1. The van der Waals surface area contributed by atoms with Crippen molar-refractivity contribution in [1.82, 2.24) is 0 Å². The third kappa shape index (κ3) is 2.65. The number of hydrogen-bond donors (Lipinski definition) is 1. The van der Waals surface area contributed by atoms with E-state index < -0.39 is 59.4 Å². The van der Waals surface area contributed by atoms with E-state index in [1.807, 2.05) is 24.3 Å². The second-order valence-electron chi connectivity index (χ2n) is 11.2. The summed E-state index contributed by atoms with van der Waals surface area (Å²) in [5, 5.41) is 10.8. The number of nitrogens with one attached hydrogen (secondary N) is 1. The molecule has 9 heteroatoms. The second-order valence-corrected chi connectivity index (χ2v) is 15.6. The molecule has 194 valence electrons. The van der Waals surface area contributed by atoms with Crippen molar-refractivity contribution < 1.29 is 22.4 Å². The van der Waals surface area contributed by atoms with E-state index in [0.29, 0.717) is 11.1 Å². The Labute approximate surface area is 218 Å². The summed E-state index contributed by atoms with van der Waals surface area (Å²) in [7, 11) is -2.53. The first kappa shape index (κ1) is 23.6. The quantitative estimate of drug-likeness (QED) is 0.230. The molecule has 0 atom stereocenters. The molecule has 0 saturated carbocycles. The SMILES string of the molecule is C[Si]1(C)c2cc(N3CCC3)ccc2C2(C(=N)C(=O)c3c(F)c(F)c(F)c(F)c32)c2ccc(N3CCC3)cc21. The van der Waals surface area contributed by atoms with E-state index in [9.17, 15) is 13.6 Å². The van der Waals surface area contributed by atoms with Gasteiger partial charge in [-0.3, -0.25) is 10.2 Å². The van der Waals surface area contributed by atoms with E-state index in [0.717, 1.165) is 60.8 Å². The number of carbonyl (C=O) groups excluding carboxylic acids is 1. The van der Waals surface area contributed by atoms with Crippen molar-refractivity contribution in [3.05, 3.63) is 81.9 Å². The number of fused-ring (bicyclic) bond motifs is 6. The van der Waals surface area contributed by atoms with Crippen molar-refractivity contribution in [2.75, 3.05) is 36.0 Å². The van der Waals surface area contributed by atoms with Crippen LogP contribution in [0.5, 0.6) is 0 Å². The molecule has 4 nitrogen and oxygen atoms in total. The number of rotatable bonds is 2. The van der Waals surface area contributed by atoms with Crippen LogP contribution in [-0.2, 0) is 5.41 Å².